The highest BCUT2D eigenvalue weighted by Gasteiger charge is 2.13. The minimum Gasteiger partial charge on any atom is -0.494 e. The Morgan fingerprint density at radius 2 is 1.79 bits per heavy atom. The lowest BCUT2D eigenvalue weighted by Gasteiger charge is -2.32. The van der Waals surface area contributed by atoms with Gasteiger partial charge in [-0.25, -0.2) is 0 Å². The first kappa shape index (κ1) is 20.4. The van der Waals surface area contributed by atoms with E-state index >= 15 is 0 Å². The summed E-state index contributed by atoms with van der Waals surface area (Å²) in [6.07, 6.45) is 1.38. The zero-order valence-electron chi connectivity index (χ0n) is 17.0. The molecule has 1 saturated heterocycles. The summed E-state index contributed by atoms with van der Waals surface area (Å²) in [6.45, 7) is 8.27. The maximum atomic E-state index is 12.3. The summed E-state index contributed by atoms with van der Waals surface area (Å²) in [4.78, 5) is 17.2. The van der Waals surface area contributed by atoms with E-state index < -0.39 is 0 Å². The van der Waals surface area contributed by atoms with Crippen LogP contribution in [0.15, 0.2) is 48.5 Å². The molecule has 0 spiro atoms. The van der Waals surface area contributed by atoms with Crippen LogP contribution in [0.2, 0.25) is 0 Å². The first-order valence-corrected chi connectivity index (χ1v) is 10.1. The molecule has 1 fully saturated rings. The van der Waals surface area contributed by atoms with Crippen LogP contribution in [-0.2, 0) is 17.6 Å². The van der Waals surface area contributed by atoms with Crippen LogP contribution in [0.5, 0.6) is 5.75 Å². The summed E-state index contributed by atoms with van der Waals surface area (Å²) in [5.74, 6) is 0.788. The minimum atomic E-state index is -0.0150. The number of piperazine rings is 1. The van der Waals surface area contributed by atoms with E-state index in [9.17, 15) is 4.79 Å². The second kappa shape index (κ2) is 10.2. The molecule has 1 N–H and O–H groups in total. The third-order valence-corrected chi connectivity index (χ3v) is 5.12. The number of ether oxygens (including phenoxy) is 1. The van der Waals surface area contributed by atoms with Gasteiger partial charge in [-0.15, -0.1) is 0 Å². The molecular weight excluding hydrogens is 350 g/mol. The first-order chi connectivity index (χ1) is 13.6. The minimum absolute atomic E-state index is 0.0150. The first-order valence-electron chi connectivity index (χ1n) is 10.1. The van der Waals surface area contributed by atoms with Gasteiger partial charge in [0.15, 0.2) is 0 Å². The number of nitrogens with zero attached hydrogens (tertiary/aromatic N) is 2. The van der Waals surface area contributed by atoms with Gasteiger partial charge < -0.3 is 19.9 Å². The fourth-order valence-electron chi connectivity index (χ4n) is 3.42. The maximum Gasteiger partial charge on any atom is 0.228 e. The SMILES string of the molecule is CCOc1cccc(CC(=O)Nc2ccc(CCN3CCN(C)CC3)cc2)c1. The highest BCUT2D eigenvalue weighted by molar-refractivity contribution is 5.92. The molecule has 150 valence electrons. The number of hydrogen-bond acceptors (Lipinski definition) is 4. The lowest BCUT2D eigenvalue weighted by atomic mass is 10.1. The number of carbonyl (C=O) groups is 1. The van der Waals surface area contributed by atoms with Crippen LogP contribution in [0.4, 0.5) is 5.69 Å². The maximum absolute atomic E-state index is 12.3. The van der Waals surface area contributed by atoms with E-state index in [4.69, 9.17) is 4.74 Å². The van der Waals surface area contributed by atoms with Crippen LogP contribution in [-0.4, -0.2) is 62.1 Å². The molecule has 5 heteroatoms. The average molecular weight is 382 g/mol. The Labute approximate surface area is 168 Å². The Hall–Kier alpha value is -2.37. The van der Waals surface area contributed by atoms with E-state index in [0.29, 0.717) is 13.0 Å². The molecule has 0 aliphatic carbocycles. The van der Waals surface area contributed by atoms with Gasteiger partial charge in [0.2, 0.25) is 5.91 Å². The molecule has 0 bridgehead atoms. The monoisotopic (exact) mass is 381 g/mol. The molecule has 1 amide bonds. The van der Waals surface area contributed by atoms with E-state index in [1.807, 2.05) is 43.3 Å². The van der Waals surface area contributed by atoms with E-state index in [2.05, 4.69) is 34.3 Å². The zero-order valence-corrected chi connectivity index (χ0v) is 17.0. The van der Waals surface area contributed by atoms with Crippen molar-refractivity contribution in [3.05, 3.63) is 59.7 Å². The molecule has 0 radical (unpaired) electrons. The largest absolute Gasteiger partial charge is 0.494 e. The molecule has 0 saturated carbocycles. The highest BCUT2D eigenvalue weighted by Crippen LogP contribution is 2.15. The molecule has 1 aliphatic heterocycles. The molecule has 28 heavy (non-hydrogen) atoms. The van der Waals surface area contributed by atoms with Gasteiger partial charge in [0.25, 0.3) is 0 Å². The van der Waals surface area contributed by atoms with E-state index in [1.54, 1.807) is 0 Å². The predicted octanol–water partition coefficient (Wildman–Crippen LogP) is 3.06. The number of rotatable bonds is 8. The van der Waals surface area contributed by atoms with Crippen LogP contribution in [0.25, 0.3) is 0 Å². The Morgan fingerprint density at radius 1 is 1.04 bits per heavy atom. The van der Waals surface area contributed by atoms with Gasteiger partial charge in [-0.1, -0.05) is 24.3 Å². The van der Waals surface area contributed by atoms with Gasteiger partial charge in [-0.3, -0.25) is 4.79 Å². The third-order valence-electron chi connectivity index (χ3n) is 5.12. The molecule has 2 aromatic carbocycles. The van der Waals surface area contributed by atoms with Crippen molar-refractivity contribution in [3.8, 4) is 5.75 Å². The molecule has 3 rings (SSSR count). The van der Waals surface area contributed by atoms with Crippen molar-refractivity contribution in [3.63, 3.8) is 0 Å². The van der Waals surface area contributed by atoms with Crippen molar-refractivity contribution in [2.45, 2.75) is 19.8 Å². The number of anilines is 1. The standard InChI is InChI=1S/C23H31N3O2/c1-3-28-22-6-4-5-20(17-22)18-23(27)24-21-9-7-19(8-10-21)11-12-26-15-13-25(2)14-16-26/h4-10,17H,3,11-16,18H2,1-2H3,(H,24,27). The predicted molar refractivity (Wildman–Crippen MR) is 114 cm³/mol. The fraction of sp³-hybridized carbons (Fsp3) is 0.435. The van der Waals surface area contributed by atoms with Crippen molar-refractivity contribution in [2.24, 2.45) is 0 Å². The molecule has 2 aromatic rings. The number of amides is 1. The molecule has 5 nitrogen and oxygen atoms in total. The second-order valence-electron chi connectivity index (χ2n) is 7.40. The number of benzene rings is 2. The van der Waals surface area contributed by atoms with Crippen LogP contribution in [0.1, 0.15) is 18.1 Å². The van der Waals surface area contributed by atoms with Crippen molar-refractivity contribution in [1.82, 2.24) is 9.80 Å². The highest BCUT2D eigenvalue weighted by atomic mass is 16.5. The second-order valence-corrected chi connectivity index (χ2v) is 7.40. The number of carbonyl (C=O) groups excluding carboxylic acids is 1. The van der Waals surface area contributed by atoms with Crippen molar-refractivity contribution in [1.29, 1.82) is 0 Å². The Kier molecular flexibility index (Phi) is 7.46. The van der Waals surface area contributed by atoms with Gasteiger partial charge in [-0.2, -0.15) is 0 Å². The van der Waals surface area contributed by atoms with Crippen LogP contribution in [0, 0.1) is 0 Å². The summed E-state index contributed by atoms with van der Waals surface area (Å²) in [7, 11) is 2.18. The third kappa shape index (κ3) is 6.36. The molecule has 0 aromatic heterocycles. The number of hydrogen-bond donors (Lipinski definition) is 1. The molecule has 0 atom stereocenters. The van der Waals surface area contributed by atoms with Crippen LogP contribution >= 0.6 is 0 Å². The summed E-state index contributed by atoms with van der Waals surface area (Å²) < 4.78 is 5.49. The summed E-state index contributed by atoms with van der Waals surface area (Å²) in [6, 6.07) is 15.9. The van der Waals surface area contributed by atoms with E-state index in [-0.39, 0.29) is 5.91 Å². The molecular formula is C23H31N3O2. The lowest BCUT2D eigenvalue weighted by molar-refractivity contribution is -0.115. The molecule has 1 heterocycles. The number of nitrogens with one attached hydrogen (secondary N) is 1. The van der Waals surface area contributed by atoms with Gasteiger partial charge in [-0.05, 0) is 55.8 Å². The van der Waals surface area contributed by atoms with E-state index in [1.165, 1.54) is 5.56 Å². The summed E-state index contributed by atoms with van der Waals surface area (Å²) in [5, 5.41) is 2.98. The van der Waals surface area contributed by atoms with Gasteiger partial charge in [0, 0.05) is 38.4 Å². The topological polar surface area (TPSA) is 44.8 Å². The smallest absolute Gasteiger partial charge is 0.228 e. The Bertz CT molecular complexity index is 753. The van der Waals surface area contributed by atoms with Crippen molar-refractivity contribution < 1.29 is 9.53 Å². The Balaban J connectivity index is 1.45. The fourth-order valence-corrected chi connectivity index (χ4v) is 3.42. The zero-order chi connectivity index (χ0) is 19.8. The summed E-state index contributed by atoms with van der Waals surface area (Å²) >= 11 is 0. The molecule has 0 unspecified atom stereocenters. The van der Waals surface area contributed by atoms with Gasteiger partial charge in [0.1, 0.15) is 5.75 Å². The quantitative estimate of drug-likeness (QED) is 0.763. The van der Waals surface area contributed by atoms with Crippen LogP contribution < -0.4 is 10.1 Å². The van der Waals surface area contributed by atoms with Gasteiger partial charge in [0.05, 0.1) is 13.0 Å². The van der Waals surface area contributed by atoms with Crippen molar-refractivity contribution in [2.75, 3.05) is 51.7 Å². The van der Waals surface area contributed by atoms with Crippen molar-refractivity contribution >= 4 is 11.6 Å². The van der Waals surface area contributed by atoms with Crippen LogP contribution in [0.3, 0.4) is 0 Å². The molecule has 1 aliphatic rings. The Morgan fingerprint density at radius 3 is 2.50 bits per heavy atom. The van der Waals surface area contributed by atoms with E-state index in [0.717, 1.165) is 56.1 Å². The summed E-state index contributed by atoms with van der Waals surface area (Å²) in [5.41, 5.74) is 3.10. The number of likely N-dealkylation sites (N-methyl/N-ethyl adjacent to an activating group) is 1. The lowest BCUT2D eigenvalue weighted by Crippen LogP contribution is -2.45. The normalized spacial score (nSPS) is 15.4. The average Bonchev–Trinajstić information content (AvgIpc) is 2.69. The van der Waals surface area contributed by atoms with Gasteiger partial charge >= 0.3 is 0 Å².